The number of aryl methyl sites for hydroxylation is 1. The number of carbonyl (C=O) groups is 2. The number of esters is 1. The first-order valence-corrected chi connectivity index (χ1v) is 11.7. The standard InChI is InChI=1S/C24H31N3O5S/c1-15(19-9-7-8-11-25-19)26-21(18-10-12-33-16(18)2)31-17-13-20(22(28)30-6)27(14-17)23(29)32-24(3,4)5/h7-12,15,17,20H,13-14H2,1-6H3/t15?,17?,20-/m0/s1. The smallest absolute Gasteiger partial charge is 0.411 e. The van der Waals surface area contributed by atoms with E-state index in [4.69, 9.17) is 19.2 Å². The van der Waals surface area contributed by atoms with Crippen molar-refractivity contribution in [1.82, 2.24) is 9.88 Å². The highest BCUT2D eigenvalue weighted by Gasteiger charge is 2.43. The number of ether oxygens (including phenoxy) is 3. The number of rotatable bonds is 5. The minimum Gasteiger partial charge on any atom is -0.472 e. The third-order valence-electron chi connectivity index (χ3n) is 5.16. The van der Waals surface area contributed by atoms with Gasteiger partial charge in [0.1, 0.15) is 17.7 Å². The van der Waals surface area contributed by atoms with Gasteiger partial charge in [-0.2, -0.15) is 0 Å². The average Bonchev–Trinajstić information content (AvgIpc) is 3.38. The summed E-state index contributed by atoms with van der Waals surface area (Å²) in [5, 5.41) is 1.98. The molecule has 9 heteroatoms. The normalized spacial score (nSPS) is 19.8. The van der Waals surface area contributed by atoms with Crippen molar-refractivity contribution in [2.75, 3.05) is 13.7 Å². The maximum absolute atomic E-state index is 12.8. The van der Waals surface area contributed by atoms with Crippen LogP contribution in [-0.2, 0) is 19.0 Å². The lowest BCUT2D eigenvalue weighted by Crippen LogP contribution is -2.44. The molecule has 1 fully saturated rings. The van der Waals surface area contributed by atoms with Gasteiger partial charge in [-0.25, -0.2) is 14.6 Å². The molecule has 2 unspecified atom stereocenters. The molecular formula is C24H31N3O5S. The molecule has 1 aliphatic heterocycles. The van der Waals surface area contributed by atoms with E-state index < -0.39 is 29.8 Å². The molecule has 1 amide bonds. The molecule has 0 radical (unpaired) electrons. The van der Waals surface area contributed by atoms with Crippen molar-refractivity contribution < 1.29 is 23.8 Å². The van der Waals surface area contributed by atoms with E-state index in [0.29, 0.717) is 5.90 Å². The van der Waals surface area contributed by atoms with Crippen LogP contribution in [0.3, 0.4) is 0 Å². The monoisotopic (exact) mass is 473 g/mol. The molecule has 1 aliphatic rings. The lowest BCUT2D eigenvalue weighted by Gasteiger charge is -2.27. The summed E-state index contributed by atoms with van der Waals surface area (Å²) in [5.41, 5.74) is 1.02. The molecule has 33 heavy (non-hydrogen) atoms. The topological polar surface area (TPSA) is 90.3 Å². The van der Waals surface area contributed by atoms with Gasteiger partial charge in [-0.1, -0.05) is 6.07 Å². The SMILES string of the molecule is COC(=O)[C@@H]1CC(OC(=NC(C)c2ccccn2)c2ccsc2C)CN1C(=O)OC(C)(C)C. The Morgan fingerprint density at radius 1 is 1.27 bits per heavy atom. The van der Waals surface area contributed by atoms with E-state index in [1.54, 1.807) is 38.3 Å². The van der Waals surface area contributed by atoms with Crippen LogP contribution in [0.4, 0.5) is 4.79 Å². The predicted octanol–water partition coefficient (Wildman–Crippen LogP) is 4.53. The van der Waals surface area contributed by atoms with E-state index in [9.17, 15) is 9.59 Å². The van der Waals surface area contributed by atoms with Crippen molar-refractivity contribution >= 4 is 29.3 Å². The van der Waals surface area contributed by atoms with Gasteiger partial charge in [0.25, 0.3) is 0 Å². The number of nitrogens with zero attached hydrogens (tertiary/aromatic N) is 3. The van der Waals surface area contributed by atoms with Crippen LogP contribution in [0.15, 0.2) is 40.8 Å². The first-order chi connectivity index (χ1) is 15.6. The molecule has 0 bridgehead atoms. The van der Waals surface area contributed by atoms with Gasteiger partial charge in [0.2, 0.25) is 5.90 Å². The Kier molecular flexibility index (Phi) is 7.73. The number of carbonyl (C=O) groups excluding carboxylic acids is 2. The zero-order chi connectivity index (χ0) is 24.2. The van der Waals surface area contributed by atoms with Gasteiger partial charge < -0.3 is 14.2 Å². The molecule has 3 rings (SSSR count). The number of amides is 1. The predicted molar refractivity (Wildman–Crippen MR) is 126 cm³/mol. The molecule has 1 saturated heterocycles. The van der Waals surface area contributed by atoms with Gasteiger partial charge in [0.05, 0.1) is 25.4 Å². The molecule has 2 aromatic heterocycles. The molecule has 0 aliphatic carbocycles. The maximum Gasteiger partial charge on any atom is 0.411 e. The number of aromatic nitrogens is 1. The second-order valence-electron chi connectivity index (χ2n) is 8.90. The van der Waals surface area contributed by atoms with Crippen LogP contribution in [0.25, 0.3) is 0 Å². The third-order valence-corrected chi connectivity index (χ3v) is 6.00. The van der Waals surface area contributed by atoms with Gasteiger partial charge in [-0.05, 0) is 58.2 Å². The molecular weight excluding hydrogens is 442 g/mol. The summed E-state index contributed by atoms with van der Waals surface area (Å²) >= 11 is 1.60. The number of aliphatic imine (C=N–C) groups is 1. The lowest BCUT2D eigenvalue weighted by molar-refractivity contribution is -0.145. The first kappa shape index (κ1) is 24.7. The largest absolute Gasteiger partial charge is 0.472 e. The Morgan fingerprint density at radius 3 is 2.61 bits per heavy atom. The van der Waals surface area contributed by atoms with Crippen LogP contribution in [-0.4, -0.2) is 59.2 Å². The van der Waals surface area contributed by atoms with Gasteiger partial charge in [0, 0.05) is 23.1 Å². The Hall–Kier alpha value is -2.94. The minimum absolute atomic E-state index is 0.189. The van der Waals surface area contributed by atoms with Crippen LogP contribution < -0.4 is 0 Å². The van der Waals surface area contributed by atoms with E-state index in [2.05, 4.69) is 4.98 Å². The lowest BCUT2D eigenvalue weighted by atomic mass is 10.2. The van der Waals surface area contributed by atoms with E-state index in [1.165, 1.54) is 12.0 Å². The number of methoxy groups -OCH3 is 1. The summed E-state index contributed by atoms with van der Waals surface area (Å²) in [5.74, 6) is -0.0365. The molecule has 2 aromatic rings. The van der Waals surface area contributed by atoms with Crippen molar-refractivity contribution in [3.8, 4) is 0 Å². The quantitative estimate of drug-likeness (QED) is 0.360. The zero-order valence-electron chi connectivity index (χ0n) is 19.9. The Morgan fingerprint density at radius 2 is 2.03 bits per heavy atom. The molecule has 0 saturated carbocycles. The van der Waals surface area contributed by atoms with Crippen LogP contribution in [0.1, 0.15) is 56.3 Å². The highest BCUT2D eigenvalue weighted by molar-refractivity contribution is 7.10. The summed E-state index contributed by atoms with van der Waals surface area (Å²) < 4.78 is 16.8. The third kappa shape index (κ3) is 6.31. The zero-order valence-corrected chi connectivity index (χ0v) is 20.7. The maximum atomic E-state index is 12.8. The number of likely N-dealkylation sites (tertiary alicyclic amines) is 1. The van der Waals surface area contributed by atoms with E-state index in [1.807, 2.05) is 43.5 Å². The average molecular weight is 474 g/mol. The van der Waals surface area contributed by atoms with Gasteiger partial charge in [0.15, 0.2) is 0 Å². The van der Waals surface area contributed by atoms with Gasteiger partial charge >= 0.3 is 12.1 Å². The van der Waals surface area contributed by atoms with Crippen LogP contribution >= 0.6 is 11.3 Å². The summed E-state index contributed by atoms with van der Waals surface area (Å²) in [6, 6.07) is 6.63. The van der Waals surface area contributed by atoms with Crippen molar-refractivity contribution in [3.63, 3.8) is 0 Å². The molecule has 3 atom stereocenters. The second kappa shape index (κ2) is 10.3. The summed E-state index contributed by atoms with van der Waals surface area (Å²) in [4.78, 5) is 36.8. The van der Waals surface area contributed by atoms with Gasteiger partial charge in [-0.3, -0.25) is 9.88 Å². The van der Waals surface area contributed by atoms with Crippen molar-refractivity contribution in [2.24, 2.45) is 4.99 Å². The van der Waals surface area contributed by atoms with Gasteiger partial charge in [-0.15, -0.1) is 11.3 Å². The molecule has 3 heterocycles. The molecule has 0 spiro atoms. The second-order valence-corrected chi connectivity index (χ2v) is 10.0. The van der Waals surface area contributed by atoms with Crippen LogP contribution in [0.2, 0.25) is 0 Å². The highest BCUT2D eigenvalue weighted by atomic mass is 32.1. The number of hydrogen-bond acceptors (Lipinski definition) is 8. The Bertz CT molecular complexity index is 999. The number of thiophene rings is 1. The van der Waals surface area contributed by atoms with Crippen LogP contribution in [0.5, 0.6) is 0 Å². The van der Waals surface area contributed by atoms with Crippen molar-refractivity contribution in [2.45, 2.75) is 64.8 Å². The van der Waals surface area contributed by atoms with E-state index in [-0.39, 0.29) is 19.0 Å². The first-order valence-electron chi connectivity index (χ1n) is 10.9. The Balaban J connectivity index is 1.86. The van der Waals surface area contributed by atoms with Crippen LogP contribution in [0, 0.1) is 6.92 Å². The number of hydrogen-bond donors (Lipinski definition) is 0. The van der Waals surface area contributed by atoms with Crippen molar-refractivity contribution in [3.05, 3.63) is 52.0 Å². The molecule has 0 N–H and O–H groups in total. The number of pyridine rings is 1. The van der Waals surface area contributed by atoms with E-state index in [0.717, 1.165) is 16.1 Å². The molecule has 0 aromatic carbocycles. The summed E-state index contributed by atoms with van der Waals surface area (Å²) in [7, 11) is 1.31. The summed E-state index contributed by atoms with van der Waals surface area (Å²) in [6.07, 6.45) is 0.993. The van der Waals surface area contributed by atoms with E-state index >= 15 is 0 Å². The fraction of sp³-hybridized carbons (Fsp3) is 0.500. The summed E-state index contributed by atoms with van der Waals surface area (Å²) in [6.45, 7) is 9.49. The molecule has 178 valence electrons. The van der Waals surface area contributed by atoms with Crippen molar-refractivity contribution in [1.29, 1.82) is 0 Å². The Labute approximate surface area is 198 Å². The molecule has 8 nitrogen and oxygen atoms in total. The minimum atomic E-state index is -0.784. The highest BCUT2D eigenvalue weighted by Crippen LogP contribution is 2.27. The fourth-order valence-electron chi connectivity index (χ4n) is 3.56. The fourth-order valence-corrected chi connectivity index (χ4v) is 4.25.